The van der Waals surface area contributed by atoms with E-state index in [0.717, 1.165) is 12.8 Å². The summed E-state index contributed by atoms with van der Waals surface area (Å²) in [6, 6.07) is 6.52. The highest BCUT2D eigenvalue weighted by atomic mass is 35.5. The molecule has 0 fully saturated rings. The van der Waals surface area contributed by atoms with Crippen LogP contribution in [0.15, 0.2) is 30.3 Å². The molecule has 0 aliphatic carbocycles. The van der Waals surface area contributed by atoms with Crippen LogP contribution in [-0.2, 0) is 0 Å². The van der Waals surface area contributed by atoms with Gasteiger partial charge in [-0.25, -0.2) is 0 Å². The number of hydrogen-bond donors (Lipinski definition) is 0. The Kier molecular flexibility index (Phi) is 4.76. The minimum absolute atomic E-state index is 0.133. The molecule has 1 aromatic carbocycles. The molecule has 0 saturated carbocycles. The van der Waals surface area contributed by atoms with Gasteiger partial charge in [0.25, 0.3) is 6.08 Å². The van der Waals surface area contributed by atoms with Crippen molar-refractivity contribution >= 4 is 17.2 Å². The first-order chi connectivity index (χ1) is 7.15. The maximum Gasteiger partial charge on any atom is 0.274 e. The Morgan fingerprint density at radius 2 is 1.80 bits per heavy atom. The highest BCUT2D eigenvalue weighted by Gasteiger charge is 2.08. The van der Waals surface area contributed by atoms with Gasteiger partial charge in [-0.05, 0) is 30.5 Å². The van der Waals surface area contributed by atoms with Gasteiger partial charge in [-0.15, -0.1) is 0 Å². The molecule has 82 valence electrons. The van der Waals surface area contributed by atoms with Gasteiger partial charge in [0.05, 0.1) is 0 Å². The van der Waals surface area contributed by atoms with Gasteiger partial charge in [0.1, 0.15) is 0 Å². The van der Waals surface area contributed by atoms with E-state index in [4.69, 9.17) is 11.6 Å². The van der Waals surface area contributed by atoms with Crippen LogP contribution >= 0.6 is 11.6 Å². The highest BCUT2D eigenvalue weighted by molar-refractivity contribution is 6.30. The van der Waals surface area contributed by atoms with E-state index >= 15 is 0 Å². The van der Waals surface area contributed by atoms with Gasteiger partial charge in [0.2, 0.25) is 0 Å². The molecule has 0 atom stereocenters. The summed E-state index contributed by atoms with van der Waals surface area (Å²) in [4.78, 5) is 0. The zero-order chi connectivity index (χ0) is 11.3. The Labute approximate surface area is 93.6 Å². The molecule has 0 nitrogen and oxygen atoms in total. The summed E-state index contributed by atoms with van der Waals surface area (Å²) in [5, 5.41) is 0.563. The average Bonchev–Trinajstić information content (AvgIpc) is 2.21. The lowest BCUT2D eigenvalue weighted by atomic mass is 10.0. The Bertz CT molecular complexity index is 337. The zero-order valence-electron chi connectivity index (χ0n) is 8.56. The van der Waals surface area contributed by atoms with E-state index in [0.29, 0.717) is 17.0 Å². The first-order valence-electron chi connectivity index (χ1n) is 4.95. The van der Waals surface area contributed by atoms with Gasteiger partial charge in [-0.3, -0.25) is 0 Å². The zero-order valence-corrected chi connectivity index (χ0v) is 9.32. The molecule has 0 radical (unpaired) electrons. The molecule has 0 saturated heterocycles. The van der Waals surface area contributed by atoms with E-state index in [1.54, 1.807) is 24.3 Å². The standard InChI is InChI=1S/C12H13ClF2/c1-2-3-4-11(12(14)15)9-5-7-10(13)8-6-9/h5-8H,2-4H2,1H3. The van der Waals surface area contributed by atoms with Crippen molar-refractivity contribution in [3.05, 3.63) is 40.9 Å². The van der Waals surface area contributed by atoms with Crippen LogP contribution in [0.25, 0.3) is 5.57 Å². The van der Waals surface area contributed by atoms with E-state index < -0.39 is 6.08 Å². The summed E-state index contributed by atoms with van der Waals surface area (Å²) in [7, 11) is 0. The summed E-state index contributed by atoms with van der Waals surface area (Å²) < 4.78 is 25.3. The van der Waals surface area contributed by atoms with E-state index in [1.807, 2.05) is 6.92 Å². The largest absolute Gasteiger partial charge is 0.274 e. The maximum atomic E-state index is 12.7. The number of unbranched alkanes of at least 4 members (excludes halogenated alkanes) is 1. The van der Waals surface area contributed by atoms with Crippen molar-refractivity contribution in [3.8, 4) is 0 Å². The summed E-state index contributed by atoms with van der Waals surface area (Å²) in [6.07, 6.45) is 0.505. The second-order valence-electron chi connectivity index (χ2n) is 3.35. The molecular weight excluding hydrogens is 218 g/mol. The van der Waals surface area contributed by atoms with Crippen LogP contribution in [0.1, 0.15) is 31.7 Å². The Hall–Kier alpha value is -0.890. The van der Waals surface area contributed by atoms with Crippen LogP contribution < -0.4 is 0 Å². The summed E-state index contributed by atoms with van der Waals surface area (Å²) in [5.41, 5.74) is 0.696. The van der Waals surface area contributed by atoms with Gasteiger partial charge in [0, 0.05) is 10.6 Å². The third kappa shape index (κ3) is 3.63. The van der Waals surface area contributed by atoms with Crippen molar-refractivity contribution < 1.29 is 8.78 Å². The molecule has 1 rings (SSSR count). The molecule has 15 heavy (non-hydrogen) atoms. The lowest BCUT2D eigenvalue weighted by Gasteiger charge is -2.05. The maximum absolute atomic E-state index is 12.7. The van der Waals surface area contributed by atoms with Crippen LogP contribution in [0.2, 0.25) is 5.02 Å². The van der Waals surface area contributed by atoms with Crippen LogP contribution in [0, 0.1) is 0 Å². The van der Waals surface area contributed by atoms with Crippen LogP contribution in [0.5, 0.6) is 0 Å². The first-order valence-corrected chi connectivity index (χ1v) is 5.33. The lowest BCUT2D eigenvalue weighted by molar-refractivity contribution is 0.422. The molecule has 0 aliphatic rings. The van der Waals surface area contributed by atoms with Gasteiger partial charge >= 0.3 is 0 Å². The van der Waals surface area contributed by atoms with Crippen LogP contribution in [0.3, 0.4) is 0 Å². The SMILES string of the molecule is CCCCC(=C(F)F)c1ccc(Cl)cc1. The fourth-order valence-corrected chi connectivity index (χ4v) is 1.48. The van der Waals surface area contributed by atoms with Crippen molar-refractivity contribution in [2.24, 2.45) is 0 Å². The molecule has 0 unspecified atom stereocenters. The van der Waals surface area contributed by atoms with E-state index in [1.165, 1.54) is 0 Å². The lowest BCUT2D eigenvalue weighted by Crippen LogP contribution is -1.86. The molecule has 1 aromatic rings. The van der Waals surface area contributed by atoms with E-state index in [9.17, 15) is 8.78 Å². The van der Waals surface area contributed by atoms with Crippen molar-refractivity contribution in [2.75, 3.05) is 0 Å². The minimum Gasteiger partial charge on any atom is -0.173 e. The van der Waals surface area contributed by atoms with Crippen molar-refractivity contribution in [2.45, 2.75) is 26.2 Å². The molecule has 0 aliphatic heterocycles. The van der Waals surface area contributed by atoms with Gasteiger partial charge in [0.15, 0.2) is 0 Å². The van der Waals surface area contributed by atoms with Crippen LogP contribution in [0.4, 0.5) is 8.78 Å². The fourth-order valence-electron chi connectivity index (χ4n) is 1.35. The molecular formula is C12H13ClF2. The molecule has 0 bridgehead atoms. The highest BCUT2D eigenvalue weighted by Crippen LogP contribution is 2.27. The summed E-state index contributed by atoms with van der Waals surface area (Å²) in [6.45, 7) is 1.98. The second-order valence-corrected chi connectivity index (χ2v) is 3.79. The fraction of sp³-hybridized carbons (Fsp3) is 0.333. The number of benzene rings is 1. The van der Waals surface area contributed by atoms with E-state index in [2.05, 4.69) is 0 Å². The topological polar surface area (TPSA) is 0 Å². The molecule has 0 N–H and O–H groups in total. The van der Waals surface area contributed by atoms with Gasteiger partial charge < -0.3 is 0 Å². The molecule has 0 spiro atoms. The monoisotopic (exact) mass is 230 g/mol. The van der Waals surface area contributed by atoms with Crippen molar-refractivity contribution in [3.63, 3.8) is 0 Å². The quantitative estimate of drug-likeness (QED) is 0.672. The van der Waals surface area contributed by atoms with E-state index in [-0.39, 0.29) is 5.57 Å². The Morgan fingerprint density at radius 1 is 1.20 bits per heavy atom. The minimum atomic E-state index is -1.59. The molecule has 3 heteroatoms. The Balaban J connectivity index is 2.91. The van der Waals surface area contributed by atoms with Crippen LogP contribution in [-0.4, -0.2) is 0 Å². The predicted molar refractivity (Wildman–Crippen MR) is 60.1 cm³/mol. The average molecular weight is 231 g/mol. The molecule has 0 amide bonds. The number of rotatable bonds is 4. The van der Waals surface area contributed by atoms with Crippen molar-refractivity contribution in [1.29, 1.82) is 0 Å². The third-order valence-electron chi connectivity index (χ3n) is 2.20. The predicted octanol–water partition coefficient (Wildman–Crippen LogP) is 5.14. The summed E-state index contributed by atoms with van der Waals surface area (Å²) >= 11 is 5.70. The van der Waals surface area contributed by atoms with Crippen molar-refractivity contribution in [1.82, 2.24) is 0 Å². The number of allylic oxidation sites excluding steroid dienone is 1. The smallest absolute Gasteiger partial charge is 0.173 e. The number of hydrogen-bond acceptors (Lipinski definition) is 0. The molecule has 0 aromatic heterocycles. The number of halogens is 3. The third-order valence-corrected chi connectivity index (χ3v) is 2.45. The summed E-state index contributed by atoms with van der Waals surface area (Å²) in [5.74, 6) is 0. The normalized spacial score (nSPS) is 10.1. The van der Waals surface area contributed by atoms with Gasteiger partial charge in [-0.1, -0.05) is 37.1 Å². The first kappa shape index (κ1) is 12.2. The second kappa shape index (κ2) is 5.86. The Morgan fingerprint density at radius 3 is 2.27 bits per heavy atom. The van der Waals surface area contributed by atoms with Gasteiger partial charge in [-0.2, -0.15) is 8.78 Å². The molecule has 0 heterocycles.